The number of hydrogen-bond acceptors (Lipinski definition) is 4. The number of nitrogens with one attached hydrogen (secondary N) is 1. The molecule has 1 heterocycles. The molecule has 1 rings (SSSR count). The van der Waals surface area contributed by atoms with Gasteiger partial charge in [-0.25, -0.2) is 0 Å². The second-order valence-electron chi connectivity index (χ2n) is 4.26. The van der Waals surface area contributed by atoms with Crippen LogP contribution in [0.3, 0.4) is 0 Å². The van der Waals surface area contributed by atoms with Gasteiger partial charge in [0.2, 0.25) is 5.91 Å². The van der Waals surface area contributed by atoms with E-state index in [1.807, 2.05) is 6.92 Å². The van der Waals surface area contributed by atoms with Gasteiger partial charge in [0.05, 0.1) is 9.75 Å². The zero-order chi connectivity index (χ0) is 15.0. The minimum Gasteiger partial charge on any atom is -0.384 e. The number of primary amides is 1. The first-order chi connectivity index (χ1) is 9.54. The van der Waals surface area contributed by atoms with E-state index in [1.165, 1.54) is 11.3 Å². The molecule has 1 aromatic rings. The molecule has 5 nitrogen and oxygen atoms in total. The maximum absolute atomic E-state index is 11.9. The van der Waals surface area contributed by atoms with Crippen LogP contribution in [0.1, 0.15) is 39.4 Å². The summed E-state index contributed by atoms with van der Waals surface area (Å²) in [6.07, 6.45) is 1.73. The Balaban J connectivity index is 2.46. The summed E-state index contributed by atoms with van der Waals surface area (Å²) < 4.78 is 0. The normalized spacial score (nSPS) is 9.70. The van der Waals surface area contributed by atoms with Gasteiger partial charge in [-0.3, -0.25) is 9.59 Å². The van der Waals surface area contributed by atoms with E-state index in [0.29, 0.717) is 24.3 Å². The first-order valence-corrected chi connectivity index (χ1v) is 7.13. The topological polar surface area (TPSA) is 92.4 Å². The first kappa shape index (κ1) is 16.2. The van der Waals surface area contributed by atoms with Crippen molar-refractivity contribution in [2.75, 3.05) is 13.2 Å². The van der Waals surface area contributed by atoms with Crippen LogP contribution in [0.15, 0.2) is 6.07 Å². The van der Waals surface area contributed by atoms with Crippen molar-refractivity contribution in [1.82, 2.24) is 5.32 Å². The molecule has 0 aromatic carbocycles. The Morgan fingerprint density at radius 2 is 2.20 bits per heavy atom. The molecule has 0 aliphatic carbocycles. The lowest BCUT2D eigenvalue weighted by Gasteiger charge is -2.02. The standard InChI is InChI=1S/C14H18N2O3S/c1-10-9-12(20-11(10)5-4-8-17)14(19)16-7-3-2-6-13(15)18/h9,17H,2-3,6-8H2,1H3,(H2,15,18)(H,16,19). The van der Waals surface area contributed by atoms with E-state index in [2.05, 4.69) is 17.2 Å². The predicted molar refractivity (Wildman–Crippen MR) is 78.4 cm³/mol. The molecular weight excluding hydrogens is 276 g/mol. The highest BCUT2D eigenvalue weighted by atomic mass is 32.1. The first-order valence-electron chi connectivity index (χ1n) is 6.31. The van der Waals surface area contributed by atoms with Crippen molar-refractivity contribution in [3.05, 3.63) is 21.4 Å². The van der Waals surface area contributed by atoms with Crippen LogP contribution in [0, 0.1) is 18.8 Å². The zero-order valence-electron chi connectivity index (χ0n) is 11.4. The summed E-state index contributed by atoms with van der Waals surface area (Å²) in [5, 5.41) is 11.5. The van der Waals surface area contributed by atoms with Crippen LogP contribution in [-0.4, -0.2) is 30.1 Å². The lowest BCUT2D eigenvalue weighted by molar-refractivity contribution is -0.118. The van der Waals surface area contributed by atoms with E-state index in [9.17, 15) is 9.59 Å². The fourth-order valence-electron chi connectivity index (χ4n) is 1.55. The number of aliphatic hydroxyl groups is 1. The Labute approximate surface area is 122 Å². The van der Waals surface area contributed by atoms with Gasteiger partial charge in [0.25, 0.3) is 5.91 Å². The SMILES string of the molecule is Cc1cc(C(=O)NCCCCC(N)=O)sc1C#CCO. The summed E-state index contributed by atoms with van der Waals surface area (Å²) in [7, 11) is 0. The third kappa shape index (κ3) is 5.43. The van der Waals surface area contributed by atoms with Crippen molar-refractivity contribution in [2.45, 2.75) is 26.2 Å². The summed E-state index contributed by atoms with van der Waals surface area (Å²) in [4.78, 5) is 23.8. The highest BCUT2D eigenvalue weighted by Gasteiger charge is 2.10. The van der Waals surface area contributed by atoms with E-state index < -0.39 is 0 Å². The van der Waals surface area contributed by atoms with Gasteiger partial charge in [-0.05, 0) is 31.4 Å². The second kappa shape index (κ2) is 8.35. The number of amides is 2. The minimum atomic E-state index is -0.322. The van der Waals surface area contributed by atoms with E-state index in [1.54, 1.807) is 6.07 Å². The van der Waals surface area contributed by atoms with Gasteiger partial charge in [0.15, 0.2) is 0 Å². The summed E-state index contributed by atoms with van der Waals surface area (Å²) in [5.74, 6) is 4.92. The number of carbonyl (C=O) groups excluding carboxylic acids is 2. The molecule has 4 N–H and O–H groups in total. The fraction of sp³-hybridized carbons (Fsp3) is 0.429. The average molecular weight is 294 g/mol. The fourth-order valence-corrected chi connectivity index (χ4v) is 2.51. The number of carbonyl (C=O) groups is 2. The Morgan fingerprint density at radius 1 is 1.45 bits per heavy atom. The lowest BCUT2D eigenvalue weighted by Crippen LogP contribution is -2.23. The third-order valence-electron chi connectivity index (χ3n) is 2.56. The van der Waals surface area contributed by atoms with Crippen molar-refractivity contribution < 1.29 is 14.7 Å². The van der Waals surface area contributed by atoms with E-state index in [4.69, 9.17) is 10.8 Å². The molecule has 108 valence electrons. The molecule has 2 amide bonds. The molecule has 20 heavy (non-hydrogen) atoms. The smallest absolute Gasteiger partial charge is 0.261 e. The lowest BCUT2D eigenvalue weighted by atomic mass is 10.2. The summed E-state index contributed by atoms with van der Waals surface area (Å²) in [6, 6.07) is 1.78. The molecule has 0 aliphatic rings. The Kier molecular flexibility index (Phi) is 6.77. The molecule has 1 aromatic heterocycles. The van der Waals surface area contributed by atoms with Crippen LogP contribution < -0.4 is 11.1 Å². The van der Waals surface area contributed by atoms with E-state index in [0.717, 1.165) is 16.9 Å². The van der Waals surface area contributed by atoms with Crippen LogP contribution in [0.4, 0.5) is 0 Å². The van der Waals surface area contributed by atoms with Crippen LogP contribution in [0.2, 0.25) is 0 Å². The van der Waals surface area contributed by atoms with Crippen molar-refractivity contribution in [3.63, 3.8) is 0 Å². The molecular formula is C14H18N2O3S. The van der Waals surface area contributed by atoms with Crippen molar-refractivity contribution >= 4 is 23.2 Å². The van der Waals surface area contributed by atoms with Crippen LogP contribution in [-0.2, 0) is 4.79 Å². The van der Waals surface area contributed by atoms with Crippen molar-refractivity contribution in [2.24, 2.45) is 5.73 Å². The highest BCUT2D eigenvalue weighted by molar-refractivity contribution is 7.14. The van der Waals surface area contributed by atoms with E-state index in [-0.39, 0.29) is 18.4 Å². The Bertz CT molecular complexity index is 540. The van der Waals surface area contributed by atoms with Gasteiger partial charge in [-0.2, -0.15) is 0 Å². The monoisotopic (exact) mass is 294 g/mol. The maximum Gasteiger partial charge on any atom is 0.261 e. The summed E-state index contributed by atoms with van der Waals surface area (Å²) in [5.41, 5.74) is 5.96. The van der Waals surface area contributed by atoms with Gasteiger partial charge in [0.1, 0.15) is 6.61 Å². The number of hydrogen-bond donors (Lipinski definition) is 3. The number of rotatable bonds is 6. The minimum absolute atomic E-state index is 0.144. The van der Waals surface area contributed by atoms with Gasteiger partial charge >= 0.3 is 0 Å². The second-order valence-corrected chi connectivity index (χ2v) is 5.31. The van der Waals surface area contributed by atoms with E-state index >= 15 is 0 Å². The molecule has 0 unspecified atom stereocenters. The average Bonchev–Trinajstić information content (AvgIpc) is 2.77. The van der Waals surface area contributed by atoms with Crippen molar-refractivity contribution in [1.29, 1.82) is 0 Å². The number of aliphatic hydroxyl groups excluding tert-OH is 1. The summed E-state index contributed by atoms with van der Waals surface area (Å²) >= 11 is 1.31. The molecule has 0 spiro atoms. The molecule has 0 bridgehead atoms. The highest BCUT2D eigenvalue weighted by Crippen LogP contribution is 2.20. The number of thiophene rings is 1. The molecule has 0 atom stereocenters. The van der Waals surface area contributed by atoms with Gasteiger partial charge in [0, 0.05) is 13.0 Å². The molecule has 6 heteroatoms. The van der Waals surface area contributed by atoms with Gasteiger partial charge < -0.3 is 16.2 Å². The Morgan fingerprint density at radius 3 is 2.85 bits per heavy atom. The zero-order valence-corrected chi connectivity index (χ0v) is 12.2. The van der Waals surface area contributed by atoms with Crippen LogP contribution in [0.25, 0.3) is 0 Å². The molecule has 0 saturated heterocycles. The molecule has 0 radical (unpaired) electrons. The summed E-state index contributed by atoms with van der Waals surface area (Å²) in [6.45, 7) is 2.20. The quantitative estimate of drug-likeness (QED) is 0.535. The van der Waals surface area contributed by atoms with Gasteiger partial charge in [-0.15, -0.1) is 11.3 Å². The predicted octanol–water partition coefficient (Wildman–Crippen LogP) is 0.786. The molecule has 0 saturated carbocycles. The number of aryl methyl sites for hydroxylation is 1. The van der Waals surface area contributed by atoms with Crippen LogP contribution >= 0.6 is 11.3 Å². The Hall–Kier alpha value is -1.84. The molecule has 0 fully saturated rings. The largest absolute Gasteiger partial charge is 0.384 e. The molecule has 0 aliphatic heterocycles. The third-order valence-corrected chi connectivity index (χ3v) is 3.71. The number of nitrogens with two attached hydrogens (primary N) is 1. The van der Waals surface area contributed by atoms with Crippen molar-refractivity contribution in [3.8, 4) is 11.8 Å². The number of unbranched alkanes of at least 4 members (excludes halogenated alkanes) is 1. The maximum atomic E-state index is 11.9. The van der Waals surface area contributed by atoms with Gasteiger partial charge in [-0.1, -0.05) is 11.8 Å². The van der Waals surface area contributed by atoms with Crippen LogP contribution in [0.5, 0.6) is 0 Å².